The molecule has 4 rings (SSSR count). The maximum Gasteiger partial charge on any atom is 0.340 e. The van der Waals surface area contributed by atoms with Gasteiger partial charge in [0.15, 0.2) is 0 Å². The van der Waals surface area contributed by atoms with E-state index in [2.05, 4.69) is 0 Å². The molecule has 3 aromatic carbocycles. The summed E-state index contributed by atoms with van der Waals surface area (Å²) in [5.74, 6) is -0.194. The number of fused-ring (bicyclic) bond motifs is 3. The van der Waals surface area contributed by atoms with E-state index in [1.165, 1.54) is 0 Å². The van der Waals surface area contributed by atoms with Crippen LogP contribution in [0.25, 0.3) is 10.8 Å². The van der Waals surface area contributed by atoms with Gasteiger partial charge in [-0.3, -0.25) is 0 Å². The molecule has 0 aromatic heterocycles. The third kappa shape index (κ3) is 3.02. The van der Waals surface area contributed by atoms with Crippen molar-refractivity contribution in [2.24, 2.45) is 5.73 Å². The van der Waals surface area contributed by atoms with Gasteiger partial charge in [0, 0.05) is 16.0 Å². The van der Waals surface area contributed by atoms with Crippen LogP contribution in [0.3, 0.4) is 0 Å². The number of carbonyl (C=O) groups excluding carboxylic acids is 1. The van der Waals surface area contributed by atoms with Gasteiger partial charge in [-0.1, -0.05) is 60.1 Å². The number of benzene rings is 3. The molecule has 2 N–H and O–H groups in total. The van der Waals surface area contributed by atoms with Gasteiger partial charge in [-0.15, -0.1) is 0 Å². The fraction of sp³-hybridized carbons (Fsp3) is 0.136. The maximum atomic E-state index is 12.7. The van der Waals surface area contributed by atoms with Crippen LogP contribution in [0.15, 0.2) is 72.1 Å². The van der Waals surface area contributed by atoms with Crippen LogP contribution in [0, 0.1) is 0 Å². The Bertz CT molecular complexity index is 1070. The monoisotopic (exact) mass is 379 g/mol. The quantitative estimate of drug-likeness (QED) is 0.667. The van der Waals surface area contributed by atoms with Gasteiger partial charge in [0.1, 0.15) is 11.3 Å². The highest BCUT2D eigenvalue weighted by Crippen LogP contribution is 2.46. The standard InChI is InChI=1S/C22H18ClNO3/c1-2-26-22(25)19-18(14-7-5-8-15(23)12-14)17-11-10-13-6-3-4-9-16(13)20(17)27-21(19)24/h3-12,18H,2,24H2,1H3/t18-/m1/s1. The zero-order valence-electron chi connectivity index (χ0n) is 14.7. The highest BCUT2D eigenvalue weighted by atomic mass is 35.5. The van der Waals surface area contributed by atoms with E-state index in [0.29, 0.717) is 16.3 Å². The van der Waals surface area contributed by atoms with Gasteiger partial charge in [0.05, 0.1) is 12.5 Å². The Balaban J connectivity index is 1.98. The number of hydrogen-bond acceptors (Lipinski definition) is 4. The smallest absolute Gasteiger partial charge is 0.340 e. The summed E-state index contributed by atoms with van der Waals surface area (Å²) in [6.07, 6.45) is 0. The zero-order chi connectivity index (χ0) is 19.0. The van der Waals surface area contributed by atoms with Crippen molar-refractivity contribution < 1.29 is 14.3 Å². The van der Waals surface area contributed by atoms with E-state index in [9.17, 15) is 4.79 Å². The first-order valence-corrected chi connectivity index (χ1v) is 9.09. The van der Waals surface area contributed by atoms with Crippen molar-refractivity contribution in [2.45, 2.75) is 12.8 Å². The minimum Gasteiger partial charge on any atom is -0.462 e. The molecule has 5 heteroatoms. The van der Waals surface area contributed by atoms with E-state index in [1.54, 1.807) is 13.0 Å². The fourth-order valence-electron chi connectivity index (χ4n) is 3.52. The van der Waals surface area contributed by atoms with Crippen LogP contribution in [0.1, 0.15) is 24.0 Å². The molecule has 0 saturated carbocycles. The van der Waals surface area contributed by atoms with Crippen LogP contribution < -0.4 is 10.5 Å². The predicted octanol–water partition coefficient (Wildman–Crippen LogP) is 4.75. The van der Waals surface area contributed by atoms with Gasteiger partial charge >= 0.3 is 5.97 Å². The number of carbonyl (C=O) groups is 1. The summed E-state index contributed by atoms with van der Waals surface area (Å²) >= 11 is 6.22. The summed E-state index contributed by atoms with van der Waals surface area (Å²) in [6, 6.07) is 19.3. The Kier molecular flexibility index (Phi) is 4.50. The van der Waals surface area contributed by atoms with Crippen LogP contribution in [-0.2, 0) is 9.53 Å². The van der Waals surface area contributed by atoms with Crippen LogP contribution >= 0.6 is 11.6 Å². The minimum absolute atomic E-state index is 0.0577. The molecule has 1 aliphatic rings. The van der Waals surface area contributed by atoms with E-state index >= 15 is 0 Å². The molecule has 0 unspecified atom stereocenters. The Labute approximate surface area is 162 Å². The number of ether oxygens (including phenoxy) is 2. The van der Waals surface area contributed by atoms with E-state index in [-0.39, 0.29) is 12.5 Å². The molecule has 0 saturated heterocycles. The topological polar surface area (TPSA) is 61.5 Å². The largest absolute Gasteiger partial charge is 0.462 e. The van der Waals surface area contributed by atoms with Gasteiger partial charge in [0.25, 0.3) is 0 Å². The lowest BCUT2D eigenvalue weighted by Gasteiger charge is -2.29. The number of esters is 1. The fourth-order valence-corrected chi connectivity index (χ4v) is 3.72. The van der Waals surface area contributed by atoms with Gasteiger partial charge in [0.2, 0.25) is 5.88 Å². The number of hydrogen-bond donors (Lipinski definition) is 1. The average molecular weight is 380 g/mol. The maximum absolute atomic E-state index is 12.7. The lowest BCUT2D eigenvalue weighted by molar-refractivity contribution is -0.139. The van der Waals surface area contributed by atoms with Crippen molar-refractivity contribution in [1.29, 1.82) is 0 Å². The van der Waals surface area contributed by atoms with Gasteiger partial charge < -0.3 is 15.2 Å². The molecular weight excluding hydrogens is 362 g/mol. The summed E-state index contributed by atoms with van der Waals surface area (Å²) in [7, 11) is 0. The van der Waals surface area contributed by atoms with Crippen molar-refractivity contribution in [3.8, 4) is 5.75 Å². The highest BCUT2D eigenvalue weighted by Gasteiger charge is 2.36. The van der Waals surface area contributed by atoms with E-state index < -0.39 is 11.9 Å². The van der Waals surface area contributed by atoms with Crippen LogP contribution in [0.4, 0.5) is 0 Å². The Morgan fingerprint density at radius 1 is 1.15 bits per heavy atom. The Morgan fingerprint density at radius 3 is 2.74 bits per heavy atom. The van der Waals surface area contributed by atoms with Crippen molar-refractivity contribution in [1.82, 2.24) is 0 Å². The first-order valence-electron chi connectivity index (χ1n) is 8.72. The molecular formula is C22H18ClNO3. The summed E-state index contributed by atoms with van der Waals surface area (Å²) < 4.78 is 11.2. The number of halogens is 1. The second kappa shape index (κ2) is 6.97. The summed E-state index contributed by atoms with van der Waals surface area (Å²) in [5, 5.41) is 2.56. The molecule has 3 aromatic rings. The molecule has 0 radical (unpaired) electrons. The normalized spacial score (nSPS) is 16.0. The number of rotatable bonds is 3. The van der Waals surface area contributed by atoms with Crippen LogP contribution in [-0.4, -0.2) is 12.6 Å². The van der Waals surface area contributed by atoms with E-state index in [0.717, 1.165) is 21.9 Å². The summed E-state index contributed by atoms with van der Waals surface area (Å²) in [4.78, 5) is 12.7. The minimum atomic E-state index is -0.487. The molecule has 1 aliphatic heterocycles. The Morgan fingerprint density at radius 2 is 1.96 bits per heavy atom. The molecule has 1 atom stereocenters. The van der Waals surface area contributed by atoms with Gasteiger partial charge in [-0.25, -0.2) is 4.79 Å². The third-order valence-corrected chi connectivity index (χ3v) is 4.90. The van der Waals surface area contributed by atoms with Crippen molar-refractivity contribution in [3.05, 3.63) is 88.3 Å². The molecule has 27 heavy (non-hydrogen) atoms. The zero-order valence-corrected chi connectivity index (χ0v) is 15.5. The molecule has 4 nitrogen and oxygen atoms in total. The van der Waals surface area contributed by atoms with Crippen LogP contribution in [0.2, 0.25) is 5.02 Å². The molecule has 0 fully saturated rings. The molecule has 0 aliphatic carbocycles. The van der Waals surface area contributed by atoms with Crippen molar-refractivity contribution in [2.75, 3.05) is 6.61 Å². The van der Waals surface area contributed by atoms with Crippen LogP contribution in [0.5, 0.6) is 5.75 Å². The lowest BCUT2D eigenvalue weighted by Crippen LogP contribution is -2.27. The van der Waals surface area contributed by atoms with E-state index in [1.807, 2.05) is 54.6 Å². The lowest BCUT2D eigenvalue weighted by atomic mass is 9.82. The second-order valence-electron chi connectivity index (χ2n) is 6.29. The van der Waals surface area contributed by atoms with E-state index in [4.69, 9.17) is 26.8 Å². The van der Waals surface area contributed by atoms with Crippen molar-refractivity contribution in [3.63, 3.8) is 0 Å². The first-order chi connectivity index (χ1) is 13.1. The molecule has 0 spiro atoms. The van der Waals surface area contributed by atoms with Crippen molar-refractivity contribution >= 4 is 28.3 Å². The molecule has 0 bridgehead atoms. The average Bonchev–Trinajstić information content (AvgIpc) is 2.67. The second-order valence-corrected chi connectivity index (χ2v) is 6.73. The SMILES string of the molecule is CCOC(=O)C1=C(N)Oc2c(ccc3ccccc23)[C@H]1c1cccc(Cl)c1. The molecule has 1 heterocycles. The first kappa shape index (κ1) is 17.4. The summed E-state index contributed by atoms with van der Waals surface area (Å²) in [5.41, 5.74) is 8.21. The molecule has 136 valence electrons. The summed E-state index contributed by atoms with van der Waals surface area (Å²) in [6.45, 7) is 2.01. The van der Waals surface area contributed by atoms with Gasteiger partial charge in [-0.05, 0) is 30.0 Å². The van der Waals surface area contributed by atoms with Gasteiger partial charge in [-0.2, -0.15) is 0 Å². The third-order valence-electron chi connectivity index (χ3n) is 4.66. The number of nitrogens with two attached hydrogens (primary N) is 1. The highest BCUT2D eigenvalue weighted by molar-refractivity contribution is 6.30. The molecule has 0 amide bonds. The predicted molar refractivity (Wildman–Crippen MR) is 106 cm³/mol. The Hall–Kier alpha value is -2.98.